The largest absolute Gasteiger partial charge is 0.465 e. The Hall–Kier alpha value is -3.48. The molecule has 0 aliphatic heterocycles. The lowest BCUT2D eigenvalue weighted by molar-refractivity contribution is 0.0525. The Morgan fingerprint density at radius 2 is 1.64 bits per heavy atom. The number of methoxy groups -OCH3 is 1. The average molecular weight is 681 g/mol. The van der Waals surface area contributed by atoms with E-state index in [1.807, 2.05) is 5.38 Å². The van der Waals surface area contributed by atoms with Crippen LogP contribution in [0.25, 0.3) is 11.3 Å². The van der Waals surface area contributed by atoms with Crippen LogP contribution in [-0.4, -0.2) is 40.4 Å². The fourth-order valence-corrected chi connectivity index (χ4v) is 6.11. The first-order valence-electron chi connectivity index (χ1n) is 12.3. The SMILES string of the molecule is CCOC(=O)c1ccc(N(Cc2ccc(C(F)(F)P(=O)(O)O)c(Br)c2)c2nc(-c3ccc(C(=O)OC)cc3)cs2)cc1. The van der Waals surface area contributed by atoms with E-state index in [4.69, 9.17) is 24.2 Å². The van der Waals surface area contributed by atoms with Gasteiger partial charge in [-0.25, -0.2) is 14.6 Å². The molecule has 1 heterocycles. The molecule has 42 heavy (non-hydrogen) atoms. The standard InChI is InChI=1S/C28H24BrF2N2O7PS/c1-3-40-26(35)20-9-11-21(12-10-20)33(15-17-4-13-22(23(29)14-17)28(30,31)41(36,37)38)27-32-24(16-42-27)18-5-7-19(8-6-18)25(34)39-2/h4-14,16H,3,15H2,1-2H3,(H2,36,37,38). The maximum atomic E-state index is 14.4. The van der Waals surface area contributed by atoms with Gasteiger partial charge in [0.05, 0.1) is 37.1 Å². The highest BCUT2D eigenvalue weighted by atomic mass is 79.9. The van der Waals surface area contributed by atoms with Crippen molar-refractivity contribution in [3.05, 3.63) is 98.8 Å². The zero-order valence-electron chi connectivity index (χ0n) is 22.2. The summed E-state index contributed by atoms with van der Waals surface area (Å²) in [6, 6.07) is 17.0. The molecule has 0 saturated heterocycles. The van der Waals surface area contributed by atoms with Gasteiger partial charge in [-0.1, -0.05) is 40.2 Å². The summed E-state index contributed by atoms with van der Waals surface area (Å²) in [5, 5.41) is 2.36. The minimum absolute atomic E-state index is 0.132. The maximum absolute atomic E-state index is 14.4. The van der Waals surface area contributed by atoms with Gasteiger partial charge >= 0.3 is 25.2 Å². The number of nitrogens with zero attached hydrogens (tertiary/aromatic N) is 2. The number of benzene rings is 3. The molecule has 0 bridgehead atoms. The summed E-state index contributed by atoms with van der Waals surface area (Å²) in [4.78, 5) is 48.8. The minimum atomic E-state index is -5.76. The first-order chi connectivity index (χ1) is 19.8. The van der Waals surface area contributed by atoms with Gasteiger partial charge in [-0.3, -0.25) is 4.57 Å². The summed E-state index contributed by atoms with van der Waals surface area (Å²) in [7, 11) is -4.46. The van der Waals surface area contributed by atoms with E-state index in [-0.39, 0.29) is 17.6 Å². The Morgan fingerprint density at radius 3 is 2.21 bits per heavy atom. The molecule has 0 radical (unpaired) electrons. The van der Waals surface area contributed by atoms with Gasteiger partial charge in [0.2, 0.25) is 0 Å². The van der Waals surface area contributed by atoms with Gasteiger partial charge in [0, 0.05) is 26.7 Å². The van der Waals surface area contributed by atoms with Gasteiger partial charge in [0.15, 0.2) is 5.13 Å². The molecule has 0 saturated carbocycles. The van der Waals surface area contributed by atoms with Crippen LogP contribution in [0.1, 0.15) is 38.8 Å². The van der Waals surface area contributed by atoms with Crippen LogP contribution >= 0.6 is 34.9 Å². The van der Waals surface area contributed by atoms with Crippen molar-refractivity contribution in [2.45, 2.75) is 19.1 Å². The van der Waals surface area contributed by atoms with Crippen LogP contribution in [0.15, 0.2) is 76.6 Å². The van der Waals surface area contributed by atoms with Crippen molar-refractivity contribution in [3.8, 4) is 11.3 Å². The molecule has 0 fully saturated rings. The van der Waals surface area contributed by atoms with Gasteiger partial charge in [-0.15, -0.1) is 11.3 Å². The summed E-state index contributed by atoms with van der Waals surface area (Å²) in [6.07, 6.45) is 0. The van der Waals surface area contributed by atoms with Crippen LogP contribution in [0.2, 0.25) is 0 Å². The number of carbonyl (C=O) groups excluding carboxylic acids is 2. The third kappa shape index (κ3) is 6.77. The van der Waals surface area contributed by atoms with Gasteiger partial charge < -0.3 is 24.2 Å². The Bertz CT molecular complexity index is 1640. The van der Waals surface area contributed by atoms with Gasteiger partial charge in [0.25, 0.3) is 0 Å². The quantitative estimate of drug-likeness (QED) is 0.133. The highest BCUT2D eigenvalue weighted by Crippen LogP contribution is 2.60. The molecule has 0 unspecified atom stereocenters. The van der Waals surface area contributed by atoms with Crippen molar-refractivity contribution in [1.82, 2.24) is 4.98 Å². The molecule has 0 spiro atoms. The zero-order chi connectivity index (χ0) is 30.7. The number of carbonyl (C=O) groups is 2. The fourth-order valence-electron chi connectivity index (χ4n) is 3.92. The molecule has 1 aromatic heterocycles. The van der Waals surface area contributed by atoms with Crippen LogP contribution in [-0.2, 0) is 26.2 Å². The third-order valence-corrected chi connectivity index (χ3v) is 8.57. The first-order valence-corrected chi connectivity index (χ1v) is 15.6. The van der Waals surface area contributed by atoms with E-state index in [9.17, 15) is 22.9 Å². The number of rotatable bonds is 10. The minimum Gasteiger partial charge on any atom is -0.465 e. The Balaban J connectivity index is 1.70. The van der Waals surface area contributed by atoms with Crippen LogP contribution in [0.4, 0.5) is 19.6 Å². The Morgan fingerprint density at radius 1 is 1.02 bits per heavy atom. The van der Waals surface area contributed by atoms with Gasteiger partial charge in [-0.2, -0.15) is 8.78 Å². The number of anilines is 2. The van der Waals surface area contributed by atoms with Crippen molar-refractivity contribution in [2.75, 3.05) is 18.6 Å². The van der Waals surface area contributed by atoms with Crippen LogP contribution in [0.5, 0.6) is 0 Å². The molecule has 9 nitrogen and oxygen atoms in total. The van der Waals surface area contributed by atoms with Crippen LogP contribution in [0, 0.1) is 0 Å². The number of aromatic nitrogens is 1. The summed E-state index contributed by atoms with van der Waals surface area (Å²) < 4.78 is 49.8. The molecular formula is C28H24BrF2N2O7PS. The number of ether oxygens (including phenoxy) is 2. The van der Waals surface area contributed by atoms with Crippen molar-refractivity contribution < 1.29 is 42.2 Å². The second kappa shape index (κ2) is 12.8. The van der Waals surface area contributed by atoms with E-state index in [1.54, 1.807) is 60.4 Å². The maximum Gasteiger partial charge on any atom is 0.399 e. The molecule has 2 N–H and O–H groups in total. The van der Waals surface area contributed by atoms with E-state index < -0.39 is 30.8 Å². The molecule has 4 aromatic rings. The van der Waals surface area contributed by atoms with Crippen molar-refractivity contribution in [3.63, 3.8) is 0 Å². The third-order valence-electron chi connectivity index (χ3n) is 6.08. The number of alkyl halides is 2. The van der Waals surface area contributed by atoms with Crippen LogP contribution in [0.3, 0.4) is 0 Å². The predicted octanol–water partition coefficient (Wildman–Crippen LogP) is 7.10. The van der Waals surface area contributed by atoms with Crippen LogP contribution < -0.4 is 4.90 Å². The molecular weight excluding hydrogens is 657 g/mol. The second-order valence-electron chi connectivity index (χ2n) is 8.84. The summed E-state index contributed by atoms with van der Waals surface area (Å²) in [5.41, 5.74) is -1.95. The molecule has 0 amide bonds. The fraction of sp³-hybridized carbons (Fsp3) is 0.179. The highest BCUT2D eigenvalue weighted by Gasteiger charge is 2.51. The summed E-state index contributed by atoms with van der Waals surface area (Å²) in [6.45, 7) is 2.06. The smallest absolute Gasteiger partial charge is 0.399 e. The number of hydrogen-bond acceptors (Lipinski definition) is 8. The van der Waals surface area contributed by atoms with Gasteiger partial charge in [0.1, 0.15) is 0 Å². The topological polar surface area (TPSA) is 126 Å². The lowest BCUT2D eigenvalue weighted by Gasteiger charge is -2.24. The molecule has 3 aromatic carbocycles. The molecule has 4 rings (SSSR count). The lowest BCUT2D eigenvalue weighted by Crippen LogP contribution is -2.18. The van der Waals surface area contributed by atoms with E-state index >= 15 is 0 Å². The van der Waals surface area contributed by atoms with Gasteiger partial charge in [-0.05, 0) is 55.0 Å². The molecule has 0 atom stereocenters. The number of halogens is 3. The number of esters is 2. The summed E-state index contributed by atoms with van der Waals surface area (Å²) >= 11 is 4.35. The highest BCUT2D eigenvalue weighted by molar-refractivity contribution is 9.10. The van der Waals surface area contributed by atoms with E-state index in [0.29, 0.717) is 33.2 Å². The first kappa shape index (κ1) is 31.5. The average Bonchev–Trinajstić information content (AvgIpc) is 3.45. The number of hydrogen-bond donors (Lipinski definition) is 2. The molecule has 0 aliphatic carbocycles. The van der Waals surface area contributed by atoms with E-state index in [1.165, 1.54) is 30.6 Å². The normalized spacial score (nSPS) is 11.7. The zero-order valence-corrected chi connectivity index (χ0v) is 25.5. The van der Waals surface area contributed by atoms with E-state index in [0.717, 1.165) is 11.6 Å². The lowest BCUT2D eigenvalue weighted by atomic mass is 10.1. The van der Waals surface area contributed by atoms with E-state index in [2.05, 4.69) is 15.9 Å². The number of thiazole rings is 1. The van der Waals surface area contributed by atoms with Crippen molar-refractivity contribution in [2.24, 2.45) is 0 Å². The monoisotopic (exact) mass is 680 g/mol. The van der Waals surface area contributed by atoms with Crippen molar-refractivity contribution in [1.29, 1.82) is 0 Å². The van der Waals surface area contributed by atoms with Crippen molar-refractivity contribution >= 4 is 57.6 Å². The molecule has 14 heteroatoms. The predicted molar refractivity (Wildman–Crippen MR) is 157 cm³/mol. The molecule has 0 aliphatic rings. The Labute approximate surface area is 252 Å². The summed E-state index contributed by atoms with van der Waals surface area (Å²) in [5.74, 6) is -0.943. The molecule has 220 valence electrons. The second-order valence-corrected chi connectivity index (χ2v) is 12.2. The Kier molecular flexibility index (Phi) is 9.59.